The number of hydrogen-bond donors (Lipinski definition) is 0. The van der Waals surface area contributed by atoms with Gasteiger partial charge in [0.15, 0.2) is 0 Å². The van der Waals surface area contributed by atoms with E-state index in [0.29, 0.717) is 10.7 Å². The first kappa shape index (κ1) is 19.1. The molecule has 0 saturated heterocycles. The zero-order chi connectivity index (χ0) is 19.6. The fraction of sp³-hybridized carbons (Fsp3) is 0.217. The van der Waals surface area contributed by atoms with Crippen LogP contribution in [-0.4, -0.2) is 28.9 Å². The van der Waals surface area contributed by atoms with Crippen molar-refractivity contribution in [2.75, 3.05) is 7.05 Å². The molecule has 27 heavy (non-hydrogen) atoms. The highest BCUT2D eigenvalue weighted by Gasteiger charge is 2.20. The molecule has 1 aromatic heterocycles. The number of amides is 1. The Morgan fingerprint density at radius 3 is 2.48 bits per heavy atom. The molecule has 0 bridgehead atoms. The molecule has 0 saturated carbocycles. The molecule has 0 aliphatic rings. The minimum Gasteiger partial charge on any atom is -0.334 e. The average molecular weight is 379 g/mol. The third-order valence-electron chi connectivity index (χ3n) is 4.59. The molecule has 138 valence electrons. The molecule has 0 aliphatic carbocycles. The average Bonchev–Trinajstić information content (AvgIpc) is 2.66. The molecule has 0 N–H and O–H groups in total. The second-order valence-electron chi connectivity index (χ2n) is 6.96. The topological polar surface area (TPSA) is 33.2 Å². The van der Waals surface area contributed by atoms with E-state index < -0.39 is 0 Å². The van der Waals surface area contributed by atoms with E-state index in [-0.39, 0.29) is 11.9 Å². The molecule has 1 amide bonds. The van der Waals surface area contributed by atoms with E-state index in [1.54, 1.807) is 11.9 Å². The maximum absolute atomic E-state index is 13.1. The Hall–Kier alpha value is -2.65. The highest BCUT2D eigenvalue weighted by atomic mass is 35.5. The van der Waals surface area contributed by atoms with Gasteiger partial charge in [0, 0.05) is 29.1 Å². The van der Waals surface area contributed by atoms with Crippen molar-refractivity contribution in [2.45, 2.75) is 26.8 Å². The number of carbonyl (C=O) groups excluding carboxylic acids is 1. The van der Waals surface area contributed by atoms with Gasteiger partial charge < -0.3 is 4.90 Å². The van der Waals surface area contributed by atoms with Crippen molar-refractivity contribution in [2.24, 2.45) is 0 Å². The number of carbonyl (C=O) groups is 1. The minimum absolute atomic E-state index is 0.0143. The van der Waals surface area contributed by atoms with Crippen LogP contribution in [0.5, 0.6) is 0 Å². The van der Waals surface area contributed by atoms with Gasteiger partial charge in [-0.1, -0.05) is 65.7 Å². The summed E-state index contributed by atoms with van der Waals surface area (Å²) in [5, 5.41) is 2.56. The standard InChI is InChI=1S/C23H23ClN2O/c1-15(2)13-16(3)26(4)23(27)21-14-17-9-5-6-10-18(17)22(25-21)19-11-7-8-12-20(19)24/h5-14,16H,1-4H3. The van der Waals surface area contributed by atoms with Crippen LogP contribution in [0.1, 0.15) is 31.3 Å². The minimum atomic E-state index is -0.112. The first-order valence-corrected chi connectivity index (χ1v) is 9.33. The molecule has 3 rings (SSSR count). The molecule has 0 spiro atoms. The summed E-state index contributed by atoms with van der Waals surface area (Å²) in [5.74, 6) is -0.112. The number of fused-ring (bicyclic) bond motifs is 1. The van der Waals surface area contributed by atoms with Gasteiger partial charge in [-0.3, -0.25) is 4.79 Å². The molecular formula is C23H23ClN2O. The van der Waals surface area contributed by atoms with Gasteiger partial charge in [0.25, 0.3) is 5.91 Å². The number of halogens is 1. The zero-order valence-corrected chi connectivity index (χ0v) is 16.8. The lowest BCUT2D eigenvalue weighted by atomic mass is 10.0. The first-order valence-electron chi connectivity index (χ1n) is 8.95. The van der Waals surface area contributed by atoms with E-state index in [9.17, 15) is 4.79 Å². The summed E-state index contributed by atoms with van der Waals surface area (Å²) in [5.41, 5.74) is 3.14. The fourth-order valence-corrected chi connectivity index (χ4v) is 3.35. The van der Waals surface area contributed by atoms with E-state index in [2.05, 4.69) is 6.08 Å². The molecule has 2 aromatic carbocycles. The second-order valence-corrected chi connectivity index (χ2v) is 7.36. The smallest absolute Gasteiger partial charge is 0.272 e. The van der Waals surface area contributed by atoms with Crippen molar-refractivity contribution in [3.63, 3.8) is 0 Å². The molecule has 0 fully saturated rings. The monoisotopic (exact) mass is 378 g/mol. The lowest BCUT2D eigenvalue weighted by Crippen LogP contribution is -2.34. The van der Waals surface area contributed by atoms with E-state index in [4.69, 9.17) is 16.6 Å². The highest BCUT2D eigenvalue weighted by molar-refractivity contribution is 6.33. The predicted molar refractivity (Wildman–Crippen MR) is 113 cm³/mol. The van der Waals surface area contributed by atoms with E-state index in [0.717, 1.165) is 22.0 Å². The van der Waals surface area contributed by atoms with Crippen LogP contribution >= 0.6 is 11.6 Å². The molecule has 1 heterocycles. The Bertz CT molecular complexity index is 1020. The summed E-state index contributed by atoms with van der Waals surface area (Å²) in [6.07, 6.45) is 2.06. The van der Waals surface area contributed by atoms with E-state index in [1.807, 2.05) is 75.4 Å². The van der Waals surface area contributed by atoms with Gasteiger partial charge in [0.05, 0.1) is 5.69 Å². The Morgan fingerprint density at radius 2 is 1.78 bits per heavy atom. The fourth-order valence-electron chi connectivity index (χ4n) is 3.13. The van der Waals surface area contributed by atoms with Gasteiger partial charge in [0.2, 0.25) is 0 Å². The van der Waals surface area contributed by atoms with Crippen molar-refractivity contribution in [3.05, 3.63) is 77.0 Å². The number of aromatic nitrogens is 1. The Balaban J connectivity index is 2.14. The van der Waals surface area contributed by atoms with Crippen LogP contribution in [0, 0.1) is 0 Å². The summed E-state index contributed by atoms with van der Waals surface area (Å²) >= 11 is 6.42. The quantitative estimate of drug-likeness (QED) is 0.523. The Morgan fingerprint density at radius 1 is 1.11 bits per heavy atom. The van der Waals surface area contributed by atoms with Gasteiger partial charge >= 0.3 is 0 Å². The van der Waals surface area contributed by atoms with Crippen molar-refractivity contribution < 1.29 is 4.79 Å². The SMILES string of the molecule is CC(C)=CC(C)N(C)C(=O)c1cc2ccccc2c(-c2ccccc2Cl)n1. The lowest BCUT2D eigenvalue weighted by molar-refractivity contribution is 0.0764. The van der Waals surface area contributed by atoms with Crippen LogP contribution in [0.4, 0.5) is 0 Å². The summed E-state index contributed by atoms with van der Waals surface area (Å²) in [6.45, 7) is 6.05. The number of hydrogen-bond acceptors (Lipinski definition) is 2. The van der Waals surface area contributed by atoms with Gasteiger partial charge in [0.1, 0.15) is 5.69 Å². The maximum Gasteiger partial charge on any atom is 0.272 e. The number of allylic oxidation sites excluding steroid dienone is 1. The maximum atomic E-state index is 13.1. The van der Waals surface area contributed by atoms with Crippen LogP contribution in [0.15, 0.2) is 66.2 Å². The molecule has 1 unspecified atom stereocenters. The largest absolute Gasteiger partial charge is 0.334 e. The van der Waals surface area contributed by atoms with Crippen molar-refractivity contribution in [3.8, 4) is 11.3 Å². The Kier molecular flexibility index (Phi) is 5.62. The van der Waals surface area contributed by atoms with Crippen LogP contribution < -0.4 is 0 Å². The van der Waals surface area contributed by atoms with Crippen molar-refractivity contribution in [1.82, 2.24) is 9.88 Å². The zero-order valence-electron chi connectivity index (χ0n) is 16.0. The third-order valence-corrected chi connectivity index (χ3v) is 4.92. The van der Waals surface area contributed by atoms with E-state index in [1.165, 1.54) is 5.57 Å². The highest BCUT2D eigenvalue weighted by Crippen LogP contribution is 2.32. The summed E-state index contributed by atoms with van der Waals surface area (Å²) in [6, 6.07) is 17.3. The van der Waals surface area contributed by atoms with Crippen LogP contribution in [0.2, 0.25) is 5.02 Å². The first-order chi connectivity index (χ1) is 12.9. The molecule has 4 heteroatoms. The van der Waals surface area contributed by atoms with E-state index >= 15 is 0 Å². The third kappa shape index (κ3) is 4.04. The molecule has 3 aromatic rings. The lowest BCUT2D eigenvalue weighted by Gasteiger charge is -2.23. The van der Waals surface area contributed by atoms with Gasteiger partial charge in [-0.2, -0.15) is 0 Å². The molecule has 1 atom stereocenters. The summed E-state index contributed by atoms with van der Waals surface area (Å²) < 4.78 is 0. The predicted octanol–water partition coefficient (Wildman–Crippen LogP) is 5.98. The number of pyridine rings is 1. The Labute approximate surface area is 165 Å². The summed E-state index contributed by atoms with van der Waals surface area (Å²) in [4.78, 5) is 19.5. The molecular weight excluding hydrogens is 356 g/mol. The number of nitrogens with zero attached hydrogens (tertiary/aromatic N) is 2. The van der Waals surface area contributed by atoms with Crippen LogP contribution in [-0.2, 0) is 0 Å². The number of likely N-dealkylation sites (N-methyl/N-ethyl adjacent to an activating group) is 1. The van der Waals surface area contributed by atoms with Crippen LogP contribution in [0.3, 0.4) is 0 Å². The van der Waals surface area contributed by atoms with Crippen molar-refractivity contribution >= 4 is 28.3 Å². The molecule has 0 radical (unpaired) electrons. The molecule has 3 nitrogen and oxygen atoms in total. The second kappa shape index (κ2) is 7.93. The number of benzene rings is 2. The van der Waals surface area contributed by atoms with Gasteiger partial charge in [-0.25, -0.2) is 4.98 Å². The van der Waals surface area contributed by atoms with Crippen molar-refractivity contribution in [1.29, 1.82) is 0 Å². The van der Waals surface area contributed by atoms with Gasteiger partial charge in [-0.05, 0) is 38.3 Å². The normalized spacial score (nSPS) is 11.9. The van der Waals surface area contributed by atoms with Crippen LogP contribution in [0.25, 0.3) is 22.0 Å². The van der Waals surface area contributed by atoms with Gasteiger partial charge in [-0.15, -0.1) is 0 Å². The summed E-state index contributed by atoms with van der Waals surface area (Å²) in [7, 11) is 1.80. The molecule has 0 aliphatic heterocycles. The number of rotatable bonds is 4.